The maximum Gasteiger partial charge on any atom is 0.274 e. The van der Waals surface area contributed by atoms with Crippen LogP contribution in [-0.4, -0.2) is 55.8 Å². The molecule has 2 aromatic rings. The number of morpholine rings is 1. The molecule has 0 unspecified atom stereocenters. The van der Waals surface area contributed by atoms with Crippen molar-refractivity contribution in [2.75, 3.05) is 31.6 Å². The summed E-state index contributed by atoms with van der Waals surface area (Å²) in [7, 11) is -3.80. The summed E-state index contributed by atoms with van der Waals surface area (Å²) in [6.45, 7) is 1.05. The summed E-state index contributed by atoms with van der Waals surface area (Å²) in [5.74, 6) is -1.40. The quantitative estimate of drug-likeness (QED) is 0.757. The second-order valence-electron chi connectivity index (χ2n) is 5.36. The average molecular weight is 396 g/mol. The van der Waals surface area contributed by atoms with Gasteiger partial charge in [-0.05, 0) is 18.2 Å². The molecule has 1 saturated heterocycles. The molecule has 0 aliphatic carbocycles. The molecule has 1 aliphatic rings. The van der Waals surface area contributed by atoms with E-state index < -0.39 is 21.8 Å². The van der Waals surface area contributed by atoms with E-state index in [4.69, 9.17) is 10.5 Å². The summed E-state index contributed by atoms with van der Waals surface area (Å²) in [6, 6.07) is 5.98. The van der Waals surface area contributed by atoms with Gasteiger partial charge in [-0.3, -0.25) is 14.6 Å². The number of nitrogens with one attached hydrogen (secondary N) is 1. The largest absolute Gasteiger partial charge is 0.379 e. The number of carbonyl (C=O) groups is 2. The molecule has 26 heavy (non-hydrogen) atoms. The number of thiophene rings is 1. The lowest BCUT2D eigenvalue weighted by Gasteiger charge is -2.25. The standard InChI is InChI=1S/C15H16N4O5S2/c16-13(20)10-9-12(26(22,23)19-5-7-24-8-6-19)25-15(10)18-14(21)11-3-1-2-4-17-11/h1-4,9H,5-8H2,(H2,16,20)(H,18,21). The van der Waals surface area contributed by atoms with Crippen molar-refractivity contribution in [1.82, 2.24) is 9.29 Å². The van der Waals surface area contributed by atoms with Crippen molar-refractivity contribution in [3.05, 3.63) is 41.7 Å². The SMILES string of the molecule is NC(=O)c1cc(S(=O)(=O)N2CCOCC2)sc1NC(=O)c1ccccn1. The molecule has 11 heteroatoms. The van der Waals surface area contributed by atoms with Crippen LogP contribution < -0.4 is 11.1 Å². The third kappa shape index (κ3) is 3.75. The first-order valence-corrected chi connectivity index (χ1v) is 9.89. The predicted molar refractivity (Wildman–Crippen MR) is 94.6 cm³/mol. The zero-order valence-corrected chi connectivity index (χ0v) is 15.2. The minimum Gasteiger partial charge on any atom is -0.379 e. The van der Waals surface area contributed by atoms with Gasteiger partial charge in [0.1, 0.15) is 14.9 Å². The number of sulfonamides is 1. The van der Waals surface area contributed by atoms with Gasteiger partial charge in [0.05, 0.1) is 18.8 Å². The van der Waals surface area contributed by atoms with Crippen molar-refractivity contribution >= 4 is 38.2 Å². The summed E-state index contributed by atoms with van der Waals surface area (Å²) in [5.41, 5.74) is 5.41. The van der Waals surface area contributed by atoms with E-state index in [0.717, 1.165) is 11.3 Å². The fourth-order valence-electron chi connectivity index (χ4n) is 2.35. The summed E-state index contributed by atoms with van der Waals surface area (Å²) in [4.78, 5) is 27.9. The molecule has 0 spiro atoms. The number of aromatic nitrogens is 1. The highest BCUT2D eigenvalue weighted by atomic mass is 32.2. The number of rotatable bonds is 5. The normalized spacial score (nSPS) is 15.5. The smallest absolute Gasteiger partial charge is 0.274 e. The summed E-state index contributed by atoms with van der Waals surface area (Å²) < 4.78 is 31.8. The monoisotopic (exact) mass is 396 g/mol. The molecule has 0 aromatic carbocycles. The van der Waals surface area contributed by atoms with Crippen LogP contribution in [0.3, 0.4) is 0 Å². The number of primary amides is 1. The van der Waals surface area contributed by atoms with E-state index in [1.165, 1.54) is 22.6 Å². The van der Waals surface area contributed by atoms with Crippen molar-refractivity contribution in [3.8, 4) is 0 Å². The molecule has 0 radical (unpaired) electrons. The zero-order chi connectivity index (χ0) is 18.7. The highest BCUT2D eigenvalue weighted by molar-refractivity contribution is 7.91. The average Bonchev–Trinajstić information content (AvgIpc) is 3.08. The number of amides is 2. The van der Waals surface area contributed by atoms with Crippen molar-refractivity contribution in [1.29, 1.82) is 0 Å². The van der Waals surface area contributed by atoms with Gasteiger partial charge in [0, 0.05) is 19.3 Å². The lowest BCUT2D eigenvalue weighted by molar-refractivity contribution is 0.0731. The molecule has 3 heterocycles. The van der Waals surface area contributed by atoms with Gasteiger partial charge in [-0.25, -0.2) is 8.42 Å². The Morgan fingerprint density at radius 1 is 1.27 bits per heavy atom. The van der Waals surface area contributed by atoms with Crippen LogP contribution in [0.2, 0.25) is 0 Å². The summed E-state index contributed by atoms with van der Waals surface area (Å²) in [6.07, 6.45) is 1.45. The maximum atomic E-state index is 12.7. The second kappa shape index (κ2) is 7.50. The Balaban J connectivity index is 1.91. The topological polar surface area (TPSA) is 132 Å². The Morgan fingerprint density at radius 3 is 2.62 bits per heavy atom. The van der Waals surface area contributed by atoms with Crippen LogP contribution in [0.4, 0.5) is 5.00 Å². The van der Waals surface area contributed by atoms with Crippen LogP contribution >= 0.6 is 11.3 Å². The van der Waals surface area contributed by atoms with E-state index >= 15 is 0 Å². The molecule has 1 fully saturated rings. The third-order valence-corrected chi connectivity index (χ3v) is 7.06. The predicted octanol–water partition coefficient (Wildman–Crippen LogP) is 0.515. The fraction of sp³-hybridized carbons (Fsp3) is 0.267. The Morgan fingerprint density at radius 2 is 2.00 bits per heavy atom. The Bertz CT molecular complexity index is 921. The van der Waals surface area contributed by atoms with Crippen molar-refractivity contribution < 1.29 is 22.7 Å². The van der Waals surface area contributed by atoms with Gasteiger partial charge >= 0.3 is 0 Å². The zero-order valence-electron chi connectivity index (χ0n) is 13.5. The number of nitrogens with two attached hydrogens (primary N) is 1. The number of hydrogen-bond acceptors (Lipinski definition) is 7. The molecule has 1 aliphatic heterocycles. The number of pyridine rings is 1. The molecule has 0 atom stereocenters. The first kappa shape index (κ1) is 18.5. The highest BCUT2D eigenvalue weighted by Crippen LogP contribution is 2.33. The number of carbonyl (C=O) groups excluding carboxylic acids is 2. The number of nitrogens with zero attached hydrogens (tertiary/aromatic N) is 2. The Kier molecular flexibility index (Phi) is 5.32. The van der Waals surface area contributed by atoms with Crippen LogP contribution in [0.5, 0.6) is 0 Å². The highest BCUT2D eigenvalue weighted by Gasteiger charge is 2.30. The minimum atomic E-state index is -3.80. The van der Waals surface area contributed by atoms with Gasteiger partial charge in [0.15, 0.2) is 0 Å². The van der Waals surface area contributed by atoms with Gasteiger partial charge < -0.3 is 15.8 Å². The molecule has 0 bridgehead atoms. The van der Waals surface area contributed by atoms with E-state index in [2.05, 4.69) is 10.3 Å². The van der Waals surface area contributed by atoms with E-state index in [0.29, 0.717) is 13.2 Å². The first-order valence-electron chi connectivity index (χ1n) is 7.63. The lowest BCUT2D eigenvalue weighted by Crippen LogP contribution is -2.40. The van der Waals surface area contributed by atoms with Crippen LogP contribution in [0.25, 0.3) is 0 Å². The van der Waals surface area contributed by atoms with E-state index in [-0.39, 0.29) is 33.6 Å². The van der Waals surface area contributed by atoms with Gasteiger partial charge in [-0.1, -0.05) is 6.07 Å². The lowest BCUT2D eigenvalue weighted by atomic mass is 10.3. The fourth-order valence-corrected chi connectivity index (χ4v) is 5.28. The Labute approximate surface area is 153 Å². The van der Waals surface area contributed by atoms with Crippen molar-refractivity contribution in [2.24, 2.45) is 5.73 Å². The van der Waals surface area contributed by atoms with Gasteiger partial charge in [-0.15, -0.1) is 11.3 Å². The van der Waals surface area contributed by atoms with Crippen LogP contribution in [0, 0.1) is 0 Å². The second-order valence-corrected chi connectivity index (χ2v) is 8.58. The molecule has 2 amide bonds. The molecule has 3 N–H and O–H groups in total. The summed E-state index contributed by atoms with van der Waals surface area (Å²) in [5, 5.41) is 2.58. The number of ether oxygens (including phenoxy) is 1. The Hall–Kier alpha value is -2.34. The number of hydrogen-bond donors (Lipinski definition) is 2. The number of anilines is 1. The van der Waals surface area contributed by atoms with E-state index in [1.807, 2.05) is 0 Å². The molecular weight excluding hydrogens is 380 g/mol. The van der Waals surface area contributed by atoms with Crippen molar-refractivity contribution in [3.63, 3.8) is 0 Å². The molecule has 0 saturated carbocycles. The molecule has 3 rings (SSSR count). The van der Waals surface area contributed by atoms with Crippen LogP contribution in [0.1, 0.15) is 20.8 Å². The first-order chi connectivity index (χ1) is 12.4. The molecule has 138 valence electrons. The molecule has 9 nitrogen and oxygen atoms in total. The maximum absolute atomic E-state index is 12.7. The van der Waals surface area contributed by atoms with Gasteiger partial charge in [0.25, 0.3) is 21.8 Å². The minimum absolute atomic E-state index is 0.0638. The van der Waals surface area contributed by atoms with Gasteiger partial charge in [0.2, 0.25) is 0 Å². The van der Waals surface area contributed by atoms with E-state index in [1.54, 1.807) is 12.1 Å². The van der Waals surface area contributed by atoms with E-state index in [9.17, 15) is 18.0 Å². The summed E-state index contributed by atoms with van der Waals surface area (Å²) >= 11 is 0.780. The third-order valence-electron chi connectivity index (χ3n) is 3.66. The van der Waals surface area contributed by atoms with Gasteiger partial charge in [-0.2, -0.15) is 4.31 Å². The van der Waals surface area contributed by atoms with Crippen LogP contribution in [0.15, 0.2) is 34.7 Å². The van der Waals surface area contributed by atoms with Crippen molar-refractivity contribution in [2.45, 2.75) is 4.21 Å². The molecule has 2 aromatic heterocycles. The molecular formula is C15H16N4O5S2. The van der Waals surface area contributed by atoms with Crippen LogP contribution in [-0.2, 0) is 14.8 Å².